The molecule has 1 heterocycles. The zero-order chi connectivity index (χ0) is 14.7. The Morgan fingerprint density at radius 3 is 2.86 bits per heavy atom. The van der Waals surface area contributed by atoms with E-state index in [4.69, 9.17) is 10.5 Å². The van der Waals surface area contributed by atoms with Crippen molar-refractivity contribution in [3.05, 3.63) is 54.1 Å². The number of hydrogen-bond donors (Lipinski definition) is 1. The predicted molar refractivity (Wildman–Crippen MR) is 88.0 cm³/mol. The molecule has 0 saturated carbocycles. The molecule has 1 unspecified atom stereocenters. The third-order valence-corrected chi connectivity index (χ3v) is 4.14. The molecule has 3 heteroatoms. The topological polar surface area (TPSA) is 38.5 Å². The van der Waals surface area contributed by atoms with Crippen molar-refractivity contribution in [2.24, 2.45) is 0 Å². The van der Waals surface area contributed by atoms with Gasteiger partial charge in [0, 0.05) is 30.4 Å². The molecule has 0 aliphatic carbocycles. The third kappa shape index (κ3) is 2.97. The molecule has 3 nitrogen and oxygen atoms in total. The van der Waals surface area contributed by atoms with Crippen LogP contribution < -0.4 is 15.4 Å². The van der Waals surface area contributed by atoms with Crippen LogP contribution in [0.1, 0.15) is 24.8 Å². The van der Waals surface area contributed by atoms with Gasteiger partial charge in [0.2, 0.25) is 0 Å². The first-order valence-electron chi connectivity index (χ1n) is 7.60. The zero-order valence-corrected chi connectivity index (χ0v) is 12.5. The number of hydrogen-bond acceptors (Lipinski definition) is 3. The van der Waals surface area contributed by atoms with E-state index in [2.05, 4.69) is 42.2 Å². The quantitative estimate of drug-likeness (QED) is 0.870. The van der Waals surface area contributed by atoms with Crippen molar-refractivity contribution >= 4 is 11.4 Å². The average molecular weight is 282 g/mol. The zero-order valence-electron chi connectivity index (χ0n) is 12.5. The first kappa shape index (κ1) is 13.8. The van der Waals surface area contributed by atoms with E-state index in [-0.39, 0.29) is 0 Å². The predicted octanol–water partition coefficient (Wildman–Crippen LogP) is 3.66. The van der Waals surface area contributed by atoms with Crippen LogP contribution in [-0.4, -0.2) is 19.7 Å². The van der Waals surface area contributed by atoms with Crippen molar-refractivity contribution in [1.82, 2.24) is 0 Å². The molecule has 0 amide bonds. The van der Waals surface area contributed by atoms with Crippen LogP contribution >= 0.6 is 0 Å². The van der Waals surface area contributed by atoms with Crippen molar-refractivity contribution < 1.29 is 4.74 Å². The summed E-state index contributed by atoms with van der Waals surface area (Å²) in [7, 11) is 0. The fraction of sp³-hybridized carbons (Fsp3) is 0.333. The highest BCUT2D eigenvalue weighted by Crippen LogP contribution is 2.34. The van der Waals surface area contributed by atoms with Gasteiger partial charge in [0.25, 0.3) is 0 Å². The minimum atomic E-state index is 0.510. The lowest BCUT2D eigenvalue weighted by Crippen LogP contribution is -2.30. The number of nitrogens with two attached hydrogens (primary N) is 1. The van der Waals surface area contributed by atoms with Gasteiger partial charge in [-0.2, -0.15) is 0 Å². The lowest BCUT2D eigenvalue weighted by atomic mass is 9.92. The summed E-state index contributed by atoms with van der Waals surface area (Å²) in [5.74, 6) is 1.55. The number of benzene rings is 2. The number of anilines is 2. The van der Waals surface area contributed by atoms with Gasteiger partial charge in [-0.15, -0.1) is 0 Å². The maximum atomic E-state index is 5.91. The lowest BCUT2D eigenvalue weighted by molar-refractivity contribution is 0.267. The van der Waals surface area contributed by atoms with Crippen LogP contribution in [0.4, 0.5) is 11.4 Å². The first-order valence-corrected chi connectivity index (χ1v) is 7.60. The number of nitrogen functional groups attached to an aromatic ring is 1. The first-order chi connectivity index (χ1) is 10.3. The van der Waals surface area contributed by atoms with Gasteiger partial charge >= 0.3 is 0 Å². The van der Waals surface area contributed by atoms with Crippen LogP contribution in [0.15, 0.2) is 48.5 Å². The lowest BCUT2D eigenvalue weighted by Gasteiger charge is -2.32. The average Bonchev–Trinajstić information content (AvgIpc) is 2.52. The fourth-order valence-electron chi connectivity index (χ4n) is 3.01. The van der Waals surface area contributed by atoms with Crippen molar-refractivity contribution in [3.63, 3.8) is 0 Å². The van der Waals surface area contributed by atoms with Gasteiger partial charge in [-0.05, 0) is 43.2 Å². The van der Waals surface area contributed by atoms with Crippen LogP contribution in [0.25, 0.3) is 0 Å². The highest BCUT2D eigenvalue weighted by atomic mass is 16.5. The molecule has 21 heavy (non-hydrogen) atoms. The van der Waals surface area contributed by atoms with Gasteiger partial charge in [-0.1, -0.05) is 24.3 Å². The second-order valence-electron chi connectivity index (χ2n) is 5.51. The second kappa shape index (κ2) is 6.08. The standard InChI is InChI=1S/C18H22N2O/c1-2-20(16-7-5-6-15(19)12-16)13-14-10-11-21-18-9-4-3-8-17(14)18/h3-9,12,14H,2,10-11,13,19H2,1H3. The minimum absolute atomic E-state index is 0.510. The molecule has 3 rings (SSSR count). The Kier molecular flexibility index (Phi) is 4.00. The number of para-hydroxylation sites is 1. The largest absolute Gasteiger partial charge is 0.493 e. The van der Waals surface area contributed by atoms with E-state index >= 15 is 0 Å². The number of fused-ring (bicyclic) bond motifs is 1. The van der Waals surface area contributed by atoms with E-state index in [1.807, 2.05) is 18.2 Å². The van der Waals surface area contributed by atoms with E-state index < -0.39 is 0 Å². The SMILES string of the molecule is CCN(CC1CCOc2ccccc21)c1cccc(N)c1. The molecule has 1 aliphatic heterocycles. The van der Waals surface area contributed by atoms with Gasteiger partial charge in [-0.3, -0.25) is 0 Å². The van der Waals surface area contributed by atoms with Crippen LogP contribution in [-0.2, 0) is 0 Å². The van der Waals surface area contributed by atoms with Gasteiger partial charge in [0.15, 0.2) is 0 Å². The number of likely N-dealkylation sites (N-methyl/N-ethyl adjacent to an activating group) is 1. The van der Waals surface area contributed by atoms with Crippen molar-refractivity contribution in [1.29, 1.82) is 0 Å². The van der Waals surface area contributed by atoms with Crippen LogP contribution in [0.5, 0.6) is 5.75 Å². The number of ether oxygens (including phenoxy) is 1. The van der Waals surface area contributed by atoms with Crippen molar-refractivity contribution in [3.8, 4) is 5.75 Å². The Morgan fingerprint density at radius 1 is 1.19 bits per heavy atom. The Balaban J connectivity index is 1.82. The molecule has 0 spiro atoms. The summed E-state index contributed by atoms with van der Waals surface area (Å²) < 4.78 is 5.76. The van der Waals surface area contributed by atoms with Gasteiger partial charge in [-0.25, -0.2) is 0 Å². The van der Waals surface area contributed by atoms with E-state index in [0.717, 1.165) is 37.6 Å². The van der Waals surface area contributed by atoms with Crippen LogP contribution in [0.2, 0.25) is 0 Å². The molecule has 1 aliphatic rings. The molecule has 0 fully saturated rings. The van der Waals surface area contributed by atoms with E-state index in [0.29, 0.717) is 5.92 Å². The molecule has 2 aromatic rings. The molecular formula is C18H22N2O. The maximum absolute atomic E-state index is 5.91. The molecule has 2 aromatic carbocycles. The molecule has 2 N–H and O–H groups in total. The van der Waals surface area contributed by atoms with Gasteiger partial charge in [0.1, 0.15) is 5.75 Å². The second-order valence-corrected chi connectivity index (χ2v) is 5.51. The Labute approximate surface area is 126 Å². The summed E-state index contributed by atoms with van der Waals surface area (Å²) in [5, 5.41) is 0. The molecule has 0 bridgehead atoms. The summed E-state index contributed by atoms with van der Waals surface area (Å²) in [6.45, 7) is 4.97. The van der Waals surface area contributed by atoms with E-state index in [1.165, 1.54) is 11.3 Å². The molecule has 110 valence electrons. The van der Waals surface area contributed by atoms with Crippen LogP contribution in [0.3, 0.4) is 0 Å². The monoisotopic (exact) mass is 282 g/mol. The van der Waals surface area contributed by atoms with Crippen LogP contribution in [0, 0.1) is 0 Å². The number of rotatable bonds is 4. The summed E-state index contributed by atoms with van der Waals surface area (Å²) in [6.07, 6.45) is 1.07. The Morgan fingerprint density at radius 2 is 2.05 bits per heavy atom. The fourth-order valence-corrected chi connectivity index (χ4v) is 3.01. The molecule has 1 atom stereocenters. The highest BCUT2D eigenvalue weighted by molar-refractivity contribution is 5.56. The van der Waals surface area contributed by atoms with E-state index in [1.54, 1.807) is 0 Å². The Hall–Kier alpha value is -2.16. The minimum Gasteiger partial charge on any atom is -0.493 e. The summed E-state index contributed by atoms with van der Waals surface area (Å²) in [4.78, 5) is 2.39. The van der Waals surface area contributed by atoms with E-state index in [9.17, 15) is 0 Å². The highest BCUT2D eigenvalue weighted by Gasteiger charge is 2.23. The summed E-state index contributed by atoms with van der Waals surface area (Å²) >= 11 is 0. The molecule has 0 aromatic heterocycles. The molecular weight excluding hydrogens is 260 g/mol. The van der Waals surface area contributed by atoms with Crippen molar-refractivity contribution in [2.75, 3.05) is 30.3 Å². The maximum Gasteiger partial charge on any atom is 0.122 e. The Bertz CT molecular complexity index is 612. The van der Waals surface area contributed by atoms with Gasteiger partial charge in [0.05, 0.1) is 6.61 Å². The third-order valence-electron chi connectivity index (χ3n) is 4.14. The van der Waals surface area contributed by atoms with Crippen molar-refractivity contribution in [2.45, 2.75) is 19.3 Å². The summed E-state index contributed by atoms with van der Waals surface area (Å²) in [5.41, 5.74) is 9.25. The smallest absolute Gasteiger partial charge is 0.122 e. The molecule has 0 saturated heterocycles. The molecule has 0 radical (unpaired) electrons. The summed E-state index contributed by atoms with van der Waals surface area (Å²) in [6, 6.07) is 16.5. The van der Waals surface area contributed by atoms with Gasteiger partial charge < -0.3 is 15.4 Å². The normalized spacial score (nSPS) is 16.9. The number of nitrogens with zero attached hydrogens (tertiary/aromatic N) is 1.